The lowest BCUT2D eigenvalue weighted by Crippen LogP contribution is -2.47. The van der Waals surface area contributed by atoms with Gasteiger partial charge in [0.15, 0.2) is 6.29 Å². The zero-order valence-electron chi connectivity index (χ0n) is 15.3. The molecule has 158 valence electrons. The van der Waals surface area contributed by atoms with Crippen molar-refractivity contribution in [3.63, 3.8) is 0 Å². The van der Waals surface area contributed by atoms with Crippen molar-refractivity contribution in [3.8, 4) is 0 Å². The third-order valence-electron chi connectivity index (χ3n) is 4.48. The summed E-state index contributed by atoms with van der Waals surface area (Å²) in [5.74, 6) is 0. The largest absolute Gasteiger partial charge is 0.416 e. The van der Waals surface area contributed by atoms with Crippen LogP contribution in [-0.2, 0) is 28.4 Å². The topological polar surface area (TPSA) is 30.5 Å². The Morgan fingerprint density at radius 1 is 0.966 bits per heavy atom. The second kappa shape index (κ2) is 8.33. The van der Waals surface area contributed by atoms with E-state index < -0.39 is 42.4 Å². The lowest BCUT2D eigenvalue weighted by atomic mass is 10.0. The molecular weight excluding hydrogens is 400 g/mol. The predicted octanol–water partition coefficient (Wildman–Crippen LogP) is 5.32. The number of rotatable bonds is 4. The van der Waals surface area contributed by atoms with Crippen LogP contribution >= 0.6 is 0 Å². The third kappa shape index (κ3) is 5.49. The molecule has 1 saturated heterocycles. The number of alkyl halides is 6. The van der Waals surface area contributed by atoms with Crippen molar-refractivity contribution in [1.82, 2.24) is 5.32 Å². The van der Waals surface area contributed by atoms with Crippen LogP contribution in [0.3, 0.4) is 0 Å². The predicted molar refractivity (Wildman–Crippen MR) is 92.8 cm³/mol. The smallest absolute Gasteiger partial charge is 0.346 e. The molecule has 1 N–H and O–H groups in total. The van der Waals surface area contributed by atoms with Gasteiger partial charge in [-0.3, -0.25) is 0 Å². The molecule has 9 heteroatoms. The summed E-state index contributed by atoms with van der Waals surface area (Å²) < 4.78 is 89.5. The summed E-state index contributed by atoms with van der Waals surface area (Å²) in [5.41, 5.74) is -2.15. The van der Waals surface area contributed by atoms with Crippen molar-refractivity contribution in [1.29, 1.82) is 0 Å². The maximum absolute atomic E-state index is 13.0. The molecule has 2 aromatic carbocycles. The molecule has 1 aliphatic rings. The third-order valence-corrected chi connectivity index (χ3v) is 4.48. The summed E-state index contributed by atoms with van der Waals surface area (Å²) in [6, 6.07) is 10.1. The second-order valence-electron chi connectivity index (χ2n) is 6.84. The van der Waals surface area contributed by atoms with Crippen LogP contribution in [0, 0.1) is 0 Å². The summed E-state index contributed by atoms with van der Waals surface area (Å²) in [6.07, 6.45) is -10.9. The zero-order chi connectivity index (χ0) is 21.2. The zero-order valence-corrected chi connectivity index (χ0v) is 15.3. The minimum absolute atomic E-state index is 0.0943. The van der Waals surface area contributed by atoms with Gasteiger partial charge in [-0.25, -0.2) is 0 Å². The molecule has 0 spiro atoms. The minimum Gasteiger partial charge on any atom is -0.346 e. The first-order valence-corrected chi connectivity index (χ1v) is 8.88. The van der Waals surface area contributed by atoms with E-state index in [1.165, 1.54) is 0 Å². The Balaban J connectivity index is 1.83. The Morgan fingerprint density at radius 2 is 1.55 bits per heavy atom. The molecule has 1 aliphatic heterocycles. The minimum atomic E-state index is -4.90. The van der Waals surface area contributed by atoms with Crippen LogP contribution in [0.2, 0.25) is 0 Å². The standard InChI is InChI=1S/C20H19F6NO2/c1-12-10-27-17(14-5-3-2-4-6-14)18(29-12)28-11-13-7-15(19(21,22)23)9-16(8-13)20(24,25)26/h2-9,12,17-18,27H,10-11H2,1H3/t12-,17-,18-/m0/s1. The number of ether oxygens (including phenoxy) is 2. The summed E-state index contributed by atoms with van der Waals surface area (Å²) in [4.78, 5) is 0. The first kappa shape index (κ1) is 21.6. The van der Waals surface area contributed by atoms with Gasteiger partial charge in [0.25, 0.3) is 0 Å². The molecule has 0 aliphatic carbocycles. The van der Waals surface area contributed by atoms with Gasteiger partial charge in [0.1, 0.15) is 0 Å². The number of hydrogen-bond donors (Lipinski definition) is 1. The van der Waals surface area contributed by atoms with E-state index in [4.69, 9.17) is 9.47 Å². The number of hydrogen-bond acceptors (Lipinski definition) is 3. The molecule has 3 nitrogen and oxygen atoms in total. The molecule has 0 radical (unpaired) electrons. The first-order chi connectivity index (χ1) is 13.5. The lowest BCUT2D eigenvalue weighted by molar-refractivity contribution is -0.208. The van der Waals surface area contributed by atoms with Crippen LogP contribution < -0.4 is 5.32 Å². The summed E-state index contributed by atoms with van der Waals surface area (Å²) in [7, 11) is 0. The van der Waals surface area contributed by atoms with Crippen LogP contribution in [0.4, 0.5) is 26.3 Å². The molecule has 0 amide bonds. The van der Waals surface area contributed by atoms with E-state index in [-0.39, 0.29) is 17.7 Å². The van der Waals surface area contributed by atoms with Gasteiger partial charge in [0.05, 0.1) is 29.9 Å². The monoisotopic (exact) mass is 419 g/mol. The van der Waals surface area contributed by atoms with E-state index in [9.17, 15) is 26.3 Å². The maximum Gasteiger partial charge on any atom is 0.416 e. The van der Waals surface area contributed by atoms with Crippen LogP contribution in [0.5, 0.6) is 0 Å². The van der Waals surface area contributed by atoms with E-state index >= 15 is 0 Å². The summed E-state index contributed by atoms with van der Waals surface area (Å²) >= 11 is 0. The van der Waals surface area contributed by atoms with Gasteiger partial charge in [-0.1, -0.05) is 30.3 Å². The second-order valence-corrected chi connectivity index (χ2v) is 6.84. The molecule has 1 heterocycles. The molecule has 0 bridgehead atoms. The van der Waals surface area contributed by atoms with Crippen molar-refractivity contribution in [2.24, 2.45) is 0 Å². The van der Waals surface area contributed by atoms with Gasteiger partial charge in [-0.15, -0.1) is 0 Å². The molecule has 2 aromatic rings. The molecule has 3 rings (SSSR count). The van der Waals surface area contributed by atoms with Crippen molar-refractivity contribution >= 4 is 0 Å². The number of nitrogens with one attached hydrogen (secondary N) is 1. The molecule has 3 atom stereocenters. The highest BCUT2D eigenvalue weighted by Crippen LogP contribution is 2.36. The van der Waals surface area contributed by atoms with Gasteiger partial charge in [-0.05, 0) is 36.2 Å². The highest BCUT2D eigenvalue weighted by molar-refractivity contribution is 5.33. The van der Waals surface area contributed by atoms with Crippen molar-refractivity contribution in [2.45, 2.75) is 44.3 Å². The normalized spacial score (nSPS) is 23.2. The maximum atomic E-state index is 13.0. The van der Waals surface area contributed by atoms with Gasteiger partial charge >= 0.3 is 12.4 Å². The Morgan fingerprint density at radius 3 is 2.10 bits per heavy atom. The Kier molecular flexibility index (Phi) is 6.21. The Bertz CT molecular complexity index is 790. The van der Waals surface area contributed by atoms with Crippen LogP contribution in [0.1, 0.15) is 35.2 Å². The summed E-state index contributed by atoms with van der Waals surface area (Å²) in [5, 5.41) is 3.23. The van der Waals surface area contributed by atoms with Crippen LogP contribution in [0.25, 0.3) is 0 Å². The first-order valence-electron chi connectivity index (χ1n) is 8.88. The fourth-order valence-corrected chi connectivity index (χ4v) is 3.10. The van der Waals surface area contributed by atoms with E-state index in [1.807, 2.05) is 30.3 Å². The molecule has 0 unspecified atom stereocenters. The number of benzene rings is 2. The van der Waals surface area contributed by atoms with Crippen LogP contribution in [0.15, 0.2) is 48.5 Å². The fraction of sp³-hybridized carbons (Fsp3) is 0.400. The lowest BCUT2D eigenvalue weighted by Gasteiger charge is -2.36. The Labute approximate surface area is 163 Å². The highest BCUT2D eigenvalue weighted by atomic mass is 19.4. The summed E-state index contributed by atoms with van der Waals surface area (Å²) in [6.45, 7) is 1.85. The van der Waals surface area contributed by atoms with Gasteiger partial charge in [0, 0.05) is 6.54 Å². The van der Waals surface area contributed by atoms with Crippen LogP contribution in [-0.4, -0.2) is 18.9 Å². The quantitative estimate of drug-likeness (QED) is 0.681. The van der Waals surface area contributed by atoms with E-state index in [1.54, 1.807) is 6.92 Å². The molecular formula is C20H19F6NO2. The van der Waals surface area contributed by atoms with E-state index in [0.29, 0.717) is 18.7 Å². The van der Waals surface area contributed by atoms with Gasteiger partial charge < -0.3 is 14.8 Å². The van der Waals surface area contributed by atoms with E-state index in [2.05, 4.69) is 5.32 Å². The van der Waals surface area contributed by atoms with Crippen molar-refractivity contribution in [3.05, 3.63) is 70.8 Å². The van der Waals surface area contributed by atoms with Gasteiger partial charge in [0.2, 0.25) is 0 Å². The van der Waals surface area contributed by atoms with E-state index in [0.717, 1.165) is 5.56 Å². The molecule has 29 heavy (non-hydrogen) atoms. The number of morpholine rings is 1. The number of halogens is 6. The van der Waals surface area contributed by atoms with Crippen molar-refractivity contribution in [2.75, 3.05) is 6.54 Å². The molecule has 1 fully saturated rings. The van der Waals surface area contributed by atoms with Gasteiger partial charge in [-0.2, -0.15) is 26.3 Å². The highest BCUT2D eigenvalue weighted by Gasteiger charge is 2.37. The van der Waals surface area contributed by atoms with Crippen molar-refractivity contribution < 1.29 is 35.8 Å². The SMILES string of the molecule is C[C@H]1CN[C@@H](c2ccccc2)[C@@H](OCc2cc(C(F)(F)F)cc(C(F)(F)F)c2)O1. The fourth-order valence-electron chi connectivity index (χ4n) is 3.10. The average Bonchev–Trinajstić information content (AvgIpc) is 2.65. The average molecular weight is 419 g/mol. The molecule has 0 aromatic heterocycles. The Hall–Kier alpha value is -2.10. The molecule has 0 saturated carbocycles.